The van der Waals surface area contributed by atoms with E-state index in [-0.39, 0.29) is 0 Å². The number of Topliss-reactive ketones (excluding diaryl/α,β-unsaturated/α-hetero) is 1. The lowest BCUT2D eigenvalue weighted by Gasteiger charge is -2.38. The molecule has 13 heavy (non-hydrogen) atoms. The molecule has 0 N–H and O–H groups in total. The maximum atomic E-state index is 12.0. The zero-order valence-corrected chi connectivity index (χ0v) is 8.12. The summed E-state index contributed by atoms with van der Waals surface area (Å²) >= 11 is 0. The Bertz CT molecular complexity index is 289. The standard InChI is InChI=1S/C12H16O/c1-7-5-8-6-11(7)10-4-2-3-9(8)12(10)13/h5,8-11H,2-4,6H2,1H3/t8-,9-,10+,11-/m0/s1. The van der Waals surface area contributed by atoms with Crippen molar-refractivity contribution in [1.82, 2.24) is 0 Å². The molecule has 1 heteroatoms. The van der Waals surface area contributed by atoms with E-state index >= 15 is 0 Å². The molecule has 1 nitrogen and oxygen atoms in total. The molecule has 4 atom stereocenters. The van der Waals surface area contributed by atoms with Gasteiger partial charge in [0.2, 0.25) is 0 Å². The van der Waals surface area contributed by atoms with Crippen LogP contribution in [-0.4, -0.2) is 5.78 Å². The average molecular weight is 176 g/mol. The van der Waals surface area contributed by atoms with Gasteiger partial charge in [0, 0.05) is 11.8 Å². The van der Waals surface area contributed by atoms with Crippen LogP contribution in [0.3, 0.4) is 0 Å². The second-order valence-corrected chi connectivity index (χ2v) is 4.96. The number of allylic oxidation sites excluding steroid dienone is 2. The van der Waals surface area contributed by atoms with Gasteiger partial charge in [0.15, 0.2) is 0 Å². The monoisotopic (exact) mass is 176 g/mol. The Morgan fingerprint density at radius 2 is 2.00 bits per heavy atom. The largest absolute Gasteiger partial charge is 0.299 e. The van der Waals surface area contributed by atoms with Gasteiger partial charge in [-0.1, -0.05) is 18.1 Å². The summed E-state index contributed by atoms with van der Waals surface area (Å²) in [6.07, 6.45) is 7.29. The number of rotatable bonds is 0. The Hall–Kier alpha value is -0.590. The molecule has 0 unspecified atom stereocenters. The molecule has 0 amide bonds. The van der Waals surface area contributed by atoms with Crippen LogP contribution >= 0.6 is 0 Å². The third-order valence-corrected chi connectivity index (χ3v) is 4.35. The lowest BCUT2D eigenvalue weighted by molar-refractivity contribution is -0.134. The molecule has 0 aromatic carbocycles. The first kappa shape index (κ1) is 7.78. The highest BCUT2D eigenvalue weighted by molar-refractivity contribution is 5.86. The van der Waals surface area contributed by atoms with Gasteiger partial charge in [0.25, 0.3) is 0 Å². The van der Waals surface area contributed by atoms with Gasteiger partial charge < -0.3 is 0 Å². The van der Waals surface area contributed by atoms with Crippen molar-refractivity contribution < 1.29 is 4.79 Å². The molecule has 0 heterocycles. The molecule has 3 aliphatic rings. The van der Waals surface area contributed by atoms with Crippen LogP contribution in [0.5, 0.6) is 0 Å². The number of hydrogen-bond donors (Lipinski definition) is 0. The van der Waals surface area contributed by atoms with Gasteiger partial charge in [-0.15, -0.1) is 0 Å². The van der Waals surface area contributed by atoms with Gasteiger partial charge in [-0.25, -0.2) is 0 Å². The topological polar surface area (TPSA) is 17.1 Å². The number of fused-ring (bicyclic) bond motifs is 6. The zero-order chi connectivity index (χ0) is 9.00. The molecule has 3 rings (SSSR count). The fourth-order valence-electron chi connectivity index (χ4n) is 3.71. The summed E-state index contributed by atoms with van der Waals surface area (Å²) in [5, 5.41) is 0. The second kappa shape index (κ2) is 2.46. The molecule has 0 aliphatic heterocycles. The molecule has 0 aromatic heterocycles. The molecule has 0 aromatic rings. The molecule has 2 saturated carbocycles. The fraction of sp³-hybridized carbons (Fsp3) is 0.750. The minimum atomic E-state index is 0.410. The Kier molecular flexibility index (Phi) is 1.47. The van der Waals surface area contributed by atoms with Crippen molar-refractivity contribution in [2.45, 2.75) is 32.6 Å². The van der Waals surface area contributed by atoms with E-state index in [0.717, 1.165) is 12.8 Å². The minimum Gasteiger partial charge on any atom is -0.299 e. The van der Waals surface area contributed by atoms with Crippen molar-refractivity contribution in [2.75, 3.05) is 0 Å². The molecule has 0 spiro atoms. The maximum Gasteiger partial charge on any atom is 0.140 e. The Morgan fingerprint density at radius 3 is 2.85 bits per heavy atom. The minimum absolute atomic E-state index is 0.410. The molecule has 4 bridgehead atoms. The summed E-state index contributed by atoms with van der Waals surface area (Å²) in [4.78, 5) is 12.0. The van der Waals surface area contributed by atoms with Gasteiger partial charge in [0.05, 0.1) is 0 Å². The van der Waals surface area contributed by atoms with Crippen molar-refractivity contribution in [3.05, 3.63) is 11.6 Å². The molecule has 70 valence electrons. The highest BCUT2D eigenvalue weighted by atomic mass is 16.1. The quantitative estimate of drug-likeness (QED) is 0.518. The average Bonchev–Trinajstić information content (AvgIpc) is 2.43. The first-order valence-corrected chi connectivity index (χ1v) is 5.49. The van der Waals surface area contributed by atoms with Gasteiger partial charge in [0.1, 0.15) is 5.78 Å². The SMILES string of the molecule is CC1=C[C@H]2C[C@@H]1[C@H]1CCC[C@@H]2C1=O. The Labute approximate surface area is 79.2 Å². The summed E-state index contributed by atoms with van der Waals surface area (Å²) in [5.41, 5.74) is 1.51. The van der Waals surface area contributed by atoms with E-state index < -0.39 is 0 Å². The van der Waals surface area contributed by atoms with Crippen LogP contribution in [0.15, 0.2) is 11.6 Å². The van der Waals surface area contributed by atoms with E-state index in [1.54, 1.807) is 0 Å². The first-order chi connectivity index (χ1) is 6.27. The smallest absolute Gasteiger partial charge is 0.140 e. The van der Waals surface area contributed by atoms with Crippen molar-refractivity contribution in [3.8, 4) is 0 Å². The lowest BCUT2D eigenvalue weighted by atomic mass is 9.64. The van der Waals surface area contributed by atoms with E-state index in [2.05, 4.69) is 13.0 Å². The van der Waals surface area contributed by atoms with Gasteiger partial charge >= 0.3 is 0 Å². The zero-order valence-electron chi connectivity index (χ0n) is 8.12. The van der Waals surface area contributed by atoms with Crippen LogP contribution in [0.4, 0.5) is 0 Å². The van der Waals surface area contributed by atoms with Crippen molar-refractivity contribution >= 4 is 5.78 Å². The molecule has 0 saturated heterocycles. The first-order valence-electron chi connectivity index (χ1n) is 5.49. The van der Waals surface area contributed by atoms with E-state index in [9.17, 15) is 4.79 Å². The Balaban J connectivity index is 2.03. The summed E-state index contributed by atoms with van der Waals surface area (Å²) in [5.74, 6) is 2.67. The Morgan fingerprint density at radius 1 is 1.23 bits per heavy atom. The second-order valence-electron chi connectivity index (χ2n) is 4.96. The summed E-state index contributed by atoms with van der Waals surface area (Å²) in [6, 6.07) is 0. The third kappa shape index (κ3) is 0.905. The molecule has 0 radical (unpaired) electrons. The van der Waals surface area contributed by atoms with Crippen LogP contribution < -0.4 is 0 Å². The summed E-state index contributed by atoms with van der Waals surface area (Å²) in [7, 11) is 0. The maximum absolute atomic E-state index is 12.0. The third-order valence-electron chi connectivity index (χ3n) is 4.35. The molecule has 2 fully saturated rings. The predicted octanol–water partition coefficient (Wildman–Crippen LogP) is 2.57. The number of carbonyl (C=O) groups is 1. The number of carbonyl (C=O) groups excluding carboxylic acids is 1. The molecule has 3 aliphatic carbocycles. The lowest BCUT2D eigenvalue weighted by Crippen LogP contribution is -2.40. The number of hydrogen-bond acceptors (Lipinski definition) is 1. The van der Waals surface area contributed by atoms with Crippen LogP contribution in [0.2, 0.25) is 0 Å². The van der Waals surface area contributed by atoms with Crippen LogP contribution in [-0.2, 0) is 4.79 Å². The van der Waals surface area contributed by atoms with Gasteiger partial charge in [-0.3, -0.25) is 4.79 Å². The predicted molar refractivity (Wildman–Crippen MR) is 51.2 cm³/mol. The molecular formula is C12H16O. The normalized spacial score (nSPS) is 47.8. The fourth-order valence-corrected chi connectivity index (χ4v) is 3.71. The summed E-state index contributed by atoms with van der Waals surface area (Å²) in [6.45, 7) is 2.22. The van der Waals surface area contributed by atoms with Crippen molar-refractivity contribution in [2.24, 2.45) is 23.7 Å². The van der Waals surface area contributed by atoms with E-state index in [4.69, 9.17) is 0 Å². The van der Waals surface area contributed by atoms with E-state index in [0.29, 0.717) is 29.5 Å². The highest BCUT2D eigenvalue weighted by Gasteiger charge is 2.48. The van der Waals surface area contributed by atoms with Gasteiger partial charge in [-0.2, -0.15) is 0 Å². The van der Waals surface area contributed by atoms with Crippen LogP contribution in [0.25, 0.3) is 0 Å². The van der Waals surface area contributed by atoms with Crippen LogP contribution in [0, 0.1) is 23.7 Å². The van der Waals surface area contributed by atoms with Crippen molar-refractivity contribution in [1.29, 1.82) is 0 Å². The van der Waals surface area contributed by atoms with E-state index in [1.165, 1.54) is 18.4 Å². The van der Waals surface area contributed by atoms with Crippen LogP contribution in [0.1, 0.15) is 32.6 Å². The van der Waals surface area contributed by atoms with Gasteiger partial charge in [-0.05, 0) is 38.0 Å². The number of ketones is 1. The van der Waals surface area contributed by atoms with E-state index in [1.807, 2.05) is 0 Å². The molecular weight excluding hydrogens is 160 g/mol. The highest BCUT2D eigenvalue weighted by Crippen LogP contribution is 2.51. The summed E-state index contributed by atoms with van der Waals surface area (Å²) < 4.78 is 0. The van der Waals surface area contributed by atoms with Crippen molar-refractivity contribution in [3.63, 3.8) is 0 Å².